The number of carbonyl (C=O) groups is 1. The fourth-order valence-corrected chi connectivity index (χ4v) is 1.95. The van der Waals surface area contributed by atoms with Crippen LogP contribution in [0.15, 0.2) is 34.7 Å². The first-order chi connectivity index (χ1) is 9.06. The summed E-state index contributed by atoms with van der Waals surface area (Å²) in [5, 5.41) is 2.85. The zero-order valence-electron chi connectivity index (χ0n) is 11.6. The van der Waals surface area contributed by atoms with E-state index >= 15 is 0 Å². The molecule has 3 N–H and O–H groups in total. The lowest BCUT2D eigenvalue weighted by Gasteiger charge is -2.04. The fraction of sp³-hybridized carbons (Fsp3) is 0.267. The lowest BCUT2D eigenvalue weighted by molar-refractivity contribution is 0.0924. The highest BCUT2D eigenvalue weighted by Gasteiger charge is 2.13. The maximum Gasteiger partial charge on any atom is 0.287 e. The molecule has 0 bridgehead atoms. The van der Waals surface area contributed by atoms with E-state index in [9.17, 15) is 4.79 Å². The van der Waals surface area contributed by atoms with Crippen molar-refractivity contribution in [3.63, 3.8) is 0 Å². The third-order valence-corrected chi connectivity index (χ3v) is 2.93. The monoisotopic (exact) mass is 294 g/mol. The van der Waals surface area contributed by atoms with Crippen LogP contribution in [0.3, 0.4) is 0 Å². The summed E-state index contributed by atoms with van der Waals surface area (Å²) in [5.41, 5.74) is 8.37. The topological polar surface area (TPSA) is 68.3 Å². The van der Waals surface area contributed by atoms with E-state index in [1.54, 1.807) is 0 Å². The molecule has 108 valence electrons. The number of nitrogens with one attached hydrogen (secondary N) is 1. The van der Waals surface area contributed by atoms with Gasteiger partial charge in [-0.1, -0.05) is 12.1 Å². The van der Waals surface area contributed by atoms with Gasteiger partial charge in [0, 0.05) is 17.8 Å². The molecule has 0 spiro atoms. The molecule has 0 fully saturated rings. The molecule has 1 heterocycles. The van der Waals surface area contributed by atoms with Crippen LogP contribution in [0.2, 0.25) is 0 Å². The van der Waals surface area contributed by atoms with Crippen molar-refractivity contribution in [2.45, 2.75) is 20.3 Å². The molecule has 0 radical (unpaired) electrons. The number of carbonyl (C=O) groups excluding carboxylic acids is 1. The predicted octanol–water partition coefficient (Wildman–Crippen LogP) is 2.87. The number of nitrogen functional groups attached to an aromatic ring is 1. The smallest absolute Gasteiger partial charge is 0.287 e. The van der Waals surface area contributed by atoms with Crippen molar-refractivity contribution in [3.05, 3.63) is 53.0 Å². The Morgan fingerprint density at radius 3 is 2.45 bits per heavy atom. The van der Waals surface area contributed by atoms with Gasteiger partial charge in [-0.2, -0.15) is 0 Å². The van der Waals surface area contributed by atoms with E-state index in [2.05, 4.69) is 5.32 Å². The summed E-state index contributed by atoms with van der Waals surface area (Å²) in [7, 11) is 0. The highest BCUT2D eigenvalue weighted by Crippen LogP contribution is 2.13. The van der Waals surface area contributed by atoms with Crippen LogP contribution in [0.5, 0.6) is 0 Å². The highest BCUT2D eigenvalue weighted by molar-refractivity contribution is 5.92. The zero-order valence-corrected chi connectivity index (χ0v) is 12.4. The van der Waals surface area contributed by atoms with Gasteiger partial charge in [0.05, 0.1) is 0 Å². The molecule has 1 aromatic carbocycles. The summed E-state index contributed by atoms with van der Waals surface area (Å²) in [6.07, 6.45) is 0.769. The first-order valence-corrected chi connectivity index (χ1v) is 6.26. The van der Waals surface area contributed by atoms with Crippen molar-refractivity contribution in [3.8, 4) is 0 Å². The minimum Gasteiger partial charge on any atom is -0.456 e. The van der Waals surface area contributed by atoms with E-state index in [0.717, 1.165) is 29.0 Å². The lowest BCUT2D eigenvalue weighted by Crippen LogP contribution is -2.25. The molecular weight excluding hydrogens is 276 g/mol. The van der Waals surface area contributed by atoms with Crippen molar-refractivity contribution in [1.29, 1.82) is 0 Å². The van der Waals surface area contributed by atoms with Gasteiger partial charge in [-0.05, 0) is 44.0 Å². The number of nitrogens with two attached hydrogens (primary N) is 1. The van der Waals surface area contributed by atoms with Crippen LogP contribution in [0, 0.1) is 13.8 Å². The summed E-state index contributed by atoms with van der Waals surface area (Å²) < 4.78 is 5.37. The molecule has 4 nitrogen and oxygen atoms in total. The van der Waals surface area contributed by atoms with Crippen LogP contribution in [0.25, 0.3) is 0 Å². The number of halogens is 1. The molecule has 0 atom stereocenters. The van der Waals surface area contributed by atoms with Gasteiger partial charge in [0.1, 0.15) is 5.76 Å². The van der Waals surface area contributed by atoms with Crippen molar-refractivity contribution in [2.24, 2.45) is 0 Å². The van der Waals surface area contributed by atoms with E-state index in [1.807, 2.05) is 44.2 Å². The number of amides is 1. The number of furan rings is 1. The van der Waals surface area contributed by atoms with Gasteiger partial charge in [-0.3, -0.25) is 4.79 Å². The van der Waals surface area contributed by atoms with E-state index < -0.39 is 0 Å². The summed E-state index contributed by atoms with van der Waals surface area (Å²) in [4.78, 5) is 11.9. The van der Waals surface area contributed by atoms with Crippen molar-refractivity contribution in [2.75, 3.05) is 12.3 Å². The molecule has 1 amide bonds. The first-order valence-electron chi connectivity index (χ1n) is 6.26. The standard InChI is InChI=1S/C15H18N2O2.ClH/c1-10-9-11(2)19-14(10)15(18)17-8-7-12-3-5-13(16)6-4-12;/h3-6,9H,7-8,16H2,1-2H3,(H,17,18);1H. The minimum atomic E-state index is -0.166. The quantitative estimate of drug-likeness (QED) is 0.852. The van der Waals surface area contributed by atoms with Gasteiger partial charge in [0.15, 0.2) is 5.76 Å². The average Bonchev–Trinajstić information content (AvgIpc) is 2.71. The van der Waals surface area contributed by atoms with Crippen LogP contribution in [0.1, 0.15) is 27.4 Å². The molecule has 2 aromatic rings. The van der Waals surface area contributed by atoms with Crippen molar-refractivity contribution >= 4 is 24.0 Å². The maximum absolute atomic E-state index is 11.9. The molecule has 0 aliphatic heterocycles. The Morgan fingerprint density at radius 1 is 1.25 bits per heavy atom. The van der Waals surface area contributed by atoms with E-state index in [1.165, 1.54) is 0 Å². The van der Waals surface area contributed by atoms with Crippen LogP contribution >= 0.6 is 12.4 Å². The fourth-order valence-electron chi connectivity index (χ4n) is 1.95. The summed E-state index contributed by atoms with van der Waals surface area (Å²) in [6, 6.07) is 9.50. The van der Waals surface area contributed by atoms with Gasteiger partial charge >= 0.3 is 0 Å². The number of rotatable bonds is 4. The van der Waals surface area contributed by atoms with Gasteiger partial charge in [-0.25, -0.2) is 0 Å². The summed E-state index contributed by atoms with van der Waals surface area (Å²) in [6.45, 7) is 4.27. The molecule has 1 aromatic heterocycles. The summed E-state index contributed by atoms with van der Waals surface area (Å²) >= 11 is 0. The second-order valence-corrected chi connectivity index (χ2v) is 4.62. The highest BCUT2D eigenvalue weighted by atomic mass is 35.5. The zero-order chi connectivity index (χ0) is 13.8. The Labute approximate surface area is 124 Å². The second kappa shape index (κ2) is 7.01. The number of hydrogen-bond donors (Lipinski definition) is 2. The third kappa shape index (κ3) is 4.03. The van der Waals surface area contributed by atoms with E-state index in [-0.39, 0.29) is 18.3 Å². The largest absolute Gasteiger partial charge is 0.456 e. The number of anilines is 1. The molecule has 5 heteroatoms. The van der Waals surface area contributed by atoms with E-state index in [0.29, 0.717) is 12.3 Å². The number of hydrogen-bond acceptors (Lipinski definition) is 3. The molecule has 2 rings (SSSR count). The average molecular weight is 295 g/mol. The molecule has 0 aliphatic carbocycles. The Bertz CT molecular complexity index is 576. The Morgan fingerprint density at radius 2 is 1.90 bits per heavy atom. The van der Waals surface area contributed by atoms with Gasteiger partial charge in [0.2, 0.25) is 0 Å². The molecule has 0 saturated carbocycles. The predicted molar refractivity (Wildman–Crippen MR) is 82.3 cm³/mol. The Hall–Kier alpha value is -1.94. The van der Waals surface area contributed by atoms with Gasteiger partial charge in [0.25, 0.3) is 5.91 Å². The minimum absolute atomic E-state index is 0. The lowest BCUT2D eigenvalue weighted by atomic mass is 10.1. The SMILES string of the molecule is Cc1cc(C)c(C(=O)NCCc2ccc(N)cc2)o1.Cl. The van der Waals surface area contributed by atoms with Crippen LogP contribution in [-0.2, 0) is 6.42 Å². The maximum atomic E-state index is 11.9. The van der Waals surface area contributed by atoms with Crippen LogP contribution in [0.4, 0.5) is 5.69 Å². The molecule has 0 aliphatic rings. The number of benzene rings is 1. The summed E-state index contributed by atoms with van der Waals surface area (Å²) in [5.74, 6) is 0.983. The first kappa shape index (κ1) is 16.1. The van der Waals surface area contributed by atoms with Crippen LogP contribution < -0.4 is 11.1 Å². The van der Waals surface area contributed by atoms with Crippen LogP contribution in [-0.4, -0.2) is 12.5 Å². The van der Waals surface area contributed by atoms with Crippen molar-refractivity contribution < 1.29 is 9.21 Å². The normalized spacial score (nSPS) is 9.90. The Balaban J connectivity index is 0.00000200. The Kier molecular flexibility index (Phi) is 5.65. The molecule has 20 heavy (non-hydrogen) atoms. The second-order valence-electron chi connectivity index (χ2n) is 4.62. The van der Waals surface area contributed by atoms with E-state index in [4.69, 9.17) is 10.2 Å². The van der Waals surface area contributed by atoms with Crippen molar-refractivity contribution in [1.82, 2.24) is 5.32 Å². The third-order valence-electron chi connectivity index (χ3n) is 2.93. The molecule has 0 saturated heterocycles. The van der Waals surface area contributed by atoms with Gasteiger partial charge < -0.3 is 15.5 Å². The molecular formula is C15H19ClN2O2. The number of aryl methyl sites for hydroxylation is 2. The molecule has 0 unspecified atom stereocenters. The van der Waals surface area contributed by atoms with Gasteiger partial charge in [-0.15, -0.1) is 12.4 Å².